The van der Waals surface area contributed by atoms with E-state index in [1.807, 2.05) is 0 Å². The van der Waals surface area contributed by atoms with Crippen molar-refractivity contribution in [2.24, 2.45) is 5.73 Å². The van der Waals surface area contributed by atoms with Crippen molar-refractivity contribution in [2.75, 3.05) is 12.8 Å². The summed E-state index contributed by atoms with van der Waals surface area (Å²) in [6.07, 6.45) is 0.663. The Morgan fingerprint density at radius 3 is 1.76 bits per heavy atom. The van der Waals surface area contributed by atoms with Crippen LogP contribution in [0.2, 0.25) is 64.6 Å². The molecule has 0 aliphatic carbocycles. The van der Waals surface area contributed by atoms with Crippen molar-refractivity contribution in [2.45, 2.75) is 64.6 Å². The minimum Gasteiger partial charge on any atom is -0.434 e. The van der Waals surface area contributed by atoms with Crippen molar-refractivity contribution in [3.8, 4) is 0 Å². The summed E-state index contributed by atoms with van der Waals surface area (Å²) >= 11 is 0. The molecule has 1 atom stereocenters. The second-order valence-electron chi connectivity index (χ2n) is 8.64. The van der Waals surface area contributed by atoms with Gasteiger partial charge in [0.05, 0.1) is 0 Å². The molecule has 0 aromatic heterocycles. The third-order valence-corrected chi connectivity index (χ3v) is 16.2. The molecule has 0 aromatic rings. The van der Waals surface area contributed by atoms with Crippen LogP contribution in [0.1, 0.15) is 0 Å². The molecule has 128 valence electrons. The molecule has 0 bridgehead atoms. The molecule has 0 heterocycles. The zero-order valence-electron chi connectivity index (χ0n) is 15.4. The van der Waals surface area contributed by atoms with E-state index in [9.17, 15) is 0 Å². The van der Waals surface area contributed by atoms with E-state index in [1.165, 1.54) is 5.67 Å². The standard InChI is InChI=1S/C12H36N2O3Si4/c1-18(2,3)12-20(7,8)17-21(9,11-14-10-13)16-15-19(4,5)6/h14H,10-13H2,1-9H3. The zero-order chi connectivity index (χ0) is 16.9. The zero-order valence-corrected chi connectivity index (χ0v) is 19.4. The van der Waals surface area contributed by atoms with Crippen molar-refractivity contribution < 1.29 is 13.3 Å². The van der Waals surface area contributed by atoms with E-state index in [-0.39, 0.29) is 0 Å². The predicted molar refractivity (Wildman–Crippen MR) is 101 cm³/mol. The minimum absolute atomic E-state index is 0.429. The normalized spacial score (nSPS) is 16.9. The molecule has 21 heavy (non-hydrogen) atoms. The van der Waals surface area contributed by atoms with Crippen LogP contribution < -0.4 is 11.1 Å². The molecule has 9 heteroatoms. The van der Waals surface area contributed by atoms with E-state index >= 15 is 0 Å². The number of rotatable bonds is 10. The summed E-state index contributed by atoms with van der Waals surface area (Å²) in [6.45, 7) is 20.6. The Balaban J connectivity index is 4.88. The smallest absolute Gasteiger partial charge is 0.374 e. The van der Waals surface area contributed by atoms with Gasteiger partial charge in [-0.2, -0.15) is 0 Å². The molecule has 0 saturated carbocycles. The van der Waals surface area contributed by atoms with Gasteiger partial charge in [0, 0.05) is 20.9 Å². The molecule has 0 aromatic carbocycles. The van der Waals surface area contributed by atoms with Gasteiger partial charge < -0.3 is 15.2 Å². The number of hydrogen-bond donors (Lipinski definition) is 2. The van der Waals surface area contributed by atoms with Crippen molar-refractivity contribution in [1.82, 2.24) is 5.32 Å². The van der Waals surface area contributed by atoms with Crippen molar-refractivity contribution in [3.05, 3.63) is 0 Å². The fourth-order valence-electron chi connectivity index (χ4n) is 2.49. The molecule has 0 saturated heterocycles. The van der Waals surface area contributed by atoms with E-state index in [0.717, 1.165) is 0 Å². The molecule has 3 N–H and O–H groups in total. The number of hydrogen-bond acceptors (Lipinski definition) is 5. The number of nitrogens with two attached hydrogens (primary N) is 1. The SMILES string of the molecule is C[Si](C)(C)C[Si](C)(C)O[Si](C)(CNCN)OO[Si](C)(C)C. The van der Waals surface area contributed by atoms with Crippen LogP contribution in [0.5, 0.6) is 0 Å². The average Bonchev–Trinajstić information content (AvgIpc) is 2.18. The second-order valence-corrected chi connectivity index (χ2v) is 26.7. The Morgan fingerprint density at radius 2 is 1.38 bits per heavy atom. The molecule has 0 fully saturated rings. The molecule has 0 rings (SSSR count). The summed E-state index contributed by atoms with van der Waals surface area (Å²) in [5, 5.41) is 3.17. The highest BCUT2D eigenvalue weighted by molar-refractivity contribution is 6.95. The van der Waals surface area contributed by atoms with Crippen LogP contribution in [0.4, 0.5) is 0 Å². The van der Waals surface area contributed by atoms with Gasteiger partial charge in [-0.3, -0.25) is 9.15 Å². The minimum atomic E-state index is -2.41. The first-order valence-corrected chi connectivity index (χ1v) is 20.4. The molecule has 0 aliphatic rings. The van der Waals surface area contributed by atoms with E-state index in [2.05, 4.69) is 64.2 Å². The monoisotopic (exact) mass is 368 g/mol. The lowest BCUT2D eigenvalue weighted by molar-refractivity contribution is -0.139. The predicted octanol–water partition coefficient (Wildman–Crippen LogP) is 2.99. The fraction of sp³-hybridized carbons (Fsp3) is 1.00. The van der Waals surface area contributed by atoms with Crippen molar-refractivity contribution >= 4 is 33.3 Å². The van der Waals surface area contributed by atoms with Gasteiger partial charge in [-0.25, -0.2) is 0 Å². The Kier molecular flexibility index (Phi) is 8.23. The lowest BCUT2D eigenvalue weighted by Gasteiger charge is -2.38. The Bertz CT molecular complexity index is 319. The number of nitrogens with one attached hydrogen (secondary N) is 1. The lowest BCUT2D eigenvalue weighted by atomic mass is 11.1. The lowest BCUT2D eigenvalue weighted by Crippen LogP contribution is -2.58. The Labute approximate surface area is 135 Å². The van der Waals surface area contributed by atoms with Crippen LogP contribution in [0.3, 0.4) is 0 Å². The maximum atomic E-state index is 6.57. The summed E-state index contributed by atoms with van der Waals surface area (Å²) in [5.41, 5.74) is 6.79. The van der Waals surface area contributed by atoms with E-state index in [0.29, 0.717) is 12.8 Å². The molecule has 0 spiro atoms. The van der Waals surface area contributed by atoms with E-state index in [1.54, 1.807) is 0 Å². The van der Waals surface area contributed by atoms with Gasteiger partial charge in [0.2, 0.25) is 8.32 Å². The molecule has 0 aliphatic heterocycles. The maximum absolute atomic E-state index is 6.57. The highest BCUT2D eigenvalue weighted by Gasteiger charge is 2.42. The topological polar surface area (TPSA) is 65.7 Å². The first-order chi connectivity index (χ1) is 9.18. The van der Waals surface area contributed by atoms with Gasteiger partial charge >= 0.3 is 8.56 Å². The van der Waals surface area contributed by atoms with E-state index < -0.39 is 33.3 Å². The van der Waals surface area contributed by atoms with Crippen LogP contribution in [0.15, 0.2) is 0 Å². The van der Waals surface area contributed by atoms with Crippen molar-refractivity contribution in [3.63, 3.8) is 0 Å². The third-order valence-electron chi connectivity index (χ3n) is 2.51. The van der Waals surface area contributed by atoms with Gasteiger partial charge in [-0.05, 0) is 44.9 Å². The highest BCUT2D eigenvalue weighted by Crippen LogP contribution is 2.25. The van der Waals surface area contributed by atoms with Gasteiger partial charge in [-0.15, -0.1) is 0 Å². The molecular formula is C12H36N2O3Si4. The Hall–Kier alpha value is 0.668. The van der Waals surface area contributed by atoms with Crippen LogP contribution in [-0.2, 0) is 13.3 Å². The summed E-state index contributed by atoms with van der Waals surface area (Å²) in [5.74, 6) is 0. The summed E-state index contributed by atoms with van der Waals surface area (Å²) < 4.78 is 18.1. The largest absolute Gasteiger partial charge is 0.434 e. The Morgan fingerprint density at radius 1 is 0.857 bits per heavy atom. The first-order valence-electron chi connectivity index (χ1n) is 7.66. The van der Waals surface area contributed by atoms with Gasteiger partial charge in [-0.1, -0.05) is 19.6 Å². The fourth-order valence-corrected chi connectivity index (χ4v) is 21.1. The first kappa shape index (κ1) is 21.7. The average molecular weight is 369 g/mol. The molecule has 0 amide bonds. The summed E-state index contributed by atoms with van der Waals surface area (Å²) in [4.78, 5) is 0. The van der Waals surface area contributed by atoms with Gasteiger partial charge in [0.1, 0.15) is 0 Å². The molecule has 0 radical (unpaired) electrons. The van der Waals surface area contributed by atoms with E-state index in [4.69, 9.17) is 19.0 Å². The molecule has 1 unspecified atom stereocenters. The maximum Gasteiger partial charge on any atom is 0.374 e. The van der Waals surface area contributed by atoms with Crippen molar-refractivity contribution in [1.29, 1.82) is 0 Å². The van der Waals surface area contributed by atoms with Gasteiger partial charge in [0.25, 0.3) is 0 Å². The quantitative estimate of drug-likeness (QED) is 0.268. The highest BCUT2D eigenvalue weighted by atomic mass is 28.5. The summed E-state index contributed by atoms with van der Waals surface area (Å²) in [7, 11) is -7.07. The molecule has 5 nitrogen and oxygen atoms in total. The van der Waals surface area contributed by atoms with Gasteiger partial charge in [0.15, 0.2) is 8.32 Å². The van der Waals surface area contributed by atoms with Crippen LogP contribution in [0.25, 0.3) is 0 Å². The summed E-state index contributed by atoms with van der Waals surface area (Å²) in [6, 6.07) is 0. The third kappa shape index (κ3) is 11.8. The van der Waals surface area contributed by atoms with Crippen LogP contribution >= 0.6 is 0 Å². The van der Waals surface area contributed by atoms with Crippen LogP contribution in [0, 0.1) is 0 Å². The second kappa shape index (κ2) is 7.97. The molecular weight excluding hydrogens is 332 g/mol. The van der Waals surface area contributed by atoms with Crippen LogP contribution in [-0.4, -0.2) is 46.1 Å².